The standard InChI is InChI=1S/C49H99NO25/c50-2-4-54-6-8-56-10-12-58-14-16-60-18-20-62-22-24-64-26-28-66-30-32-68-34-36-70-38-40-72-42-44-74-46-48-75-47-45-73-43-41-71-39-37-69-35-33-67-31-29-65-27-25-63-23-21-61-19-17-59-15-13-57-11-9-55-7-5-53-3-1-49(51)52/h1-48,50H2,(H,51,52). The maximum absolute atomic E-state index is 10.4. The molecule has 0 radical (unpaired) electrons. The lowest BCUT2D eigenvalue weighted by molar-refractivity contribution is -0.138. The van der Waals surface area contributed by atoms with Crippen LogP contribution in [0.15, 0.2) is 0 Å². The molecule has 0 fully saturated rings. The van der Waals surface area contributed by atoms with Gasteiger partial charge in [0, 0.05) is 6.54 Å². The van der Waals surface area contributed by atoms with Gasteiger partial charge in [0.15, 0.2) is 0 Å². The largest absolute Gasteiger partial charge is 0.481 e. The Morgan fingerprint density at radius 3 is 0.373 bits per heavy atom. The van der Waals surface area contributed by atoms with E-state index in [1.54, 1.807) is 0 Å². The molecule has 0 atom stereocenters. The van der Waals surface area contributed by atoms with Crippen LogP contribution >= 0.6 is 0 Å². The monoisotopic (exact) mass is 1100 g/mol. The molecule has 0 aliphatic rings. The molecule has 0 aromatic rings. The summed E-state index contributed by atoms with van der Waals surface area (Å²) in [5.74, 6) is -0.879. The number of hydrogen-bond acceptors (Lipinski definition) is 25. The Labute approximate surface area is 446 Å². The lowest BCUT2D eigenvalue weighted by atomic mass is 10.5. The van der Waals surface area contributed by atoms with Crippen LogP contribution in [-0.2, 0) is 114 Å². The van der Waals surface area contributed by atoms with Crippen LogP contribution in [0.2, 0.25) is 0 Å². The second kappa shape index (κ2) is 70.5. The summed E-state index contributed by atoms with van der Waals surface area (Å²) in [7, 11) is 0. The van der Waals surface area contributed by atoms with Gasteiger partial charge in [-0.1, -0.05) is 0 Å². The van der Waals surface area contributed by atoms with E-state index in [4.69, 9.17) is 120 Å². The second-order valence-corrected chi connectivity index (χ2v) is 15.0. The van der Waals surface area contributed by atoms with Crippen molar-refractivity contribution in [2.75, 3.05) is 310 Å². The highest BCUT2D eigenvalue weighted by atomic mass is 16.6. The lowest BCUT2D eigenvalue weighted by Gasteiger charge is -2.09. The molecule has 26 nitrogen and oxygen atoms in total. The topological polar surface area (TPSA) is 276 Å². The summed E-state index contributed by atoms with van der Waals surface area (Å²) in [4.78, 5) is 10.4. The zero-order chi connectivity index (χ0) is 53.8. The van der Waals surface area contributed by atoms with E-state index >= 15 is 0 Å². The van der Waals surface area contributed by atoms with E-state index in [0.717, 1.165) is 0 Å². The third kappa shape index (κ3) is 72.5. The molecule has 26 heteroatoms. The smallest absolute Gasteiger partial charge is 0.305 e. The van der Waals surface area contributed by atoms with Gasteiger partial charge in [-0.15, -0.1) is 0 Å². The maximum atomic E-state index is 10.4. The van der Waals surface area contributed by atoms with Gasteiger partial charge in [0.05, 0.1) is 310 Å². The van der Waals surface area contributed by atoms with Crippen molar-refractivity contribution in [3.8, 4) is 0 Å². The highest BCUT2D eigenvalue weighted by molar-refractivity contribution is 5.66. The maximum Gasteiger partial charge on any atom is 0.305 e. The van der Waals surface area contributed by atoms with E-state index in [1.165, 1.54) is 0 Å². The van der Waals surface area contributed by atoms with Crippen molar-refractivity contribution in [3.63, 3.8) is 0 Å². The molecule has 450 valence electrons. The van der Waals surface area contributed by atoms with Crippen LogP contribution in [-0.4, -0.2) is 322 Å². The third-order valence-corrected chi connectivity index (χ3v) is 8.91. The molecule has 0 rings (SSSR count). The summed E-state index contributed by atoms with van der Waals surface area (Å²) in [5.41, 5.74) is 5.34. The number of hydrogen-bond donors (Lipinski definition) is 2. The first-order valence-corrected chi connectivity index (χ1v) is 26.5. The van der Waals surface area contributed by atoms with Gasteiger partial charge in [0.2, 0.25) is 0 Å². The lowest BCUT2D eigenvalue weighted by Crippen LogP contribution is -2.16. The molecule has 0 aromatic heterocycles. The Morgan fingerprint density at radius 2 is 0.280 bits per heavy atom. The van der Waals surface area contributed by atoms with Crippen molar-refractivity contribution in [1.82, 2.24) is 0 Å². The second-order valence-electron chi connectivity index (χ2n) is 15.0. The van der Waals surface area contributed by atoms with Gasteiger partial charge in [-0.05, 0) is 0 Å². The van der Waals surface area contributed by atoms with Crippen LogP contribution in [0, 0.1) is 0 Å². The van der Waals surface area contributed by atoms with Gasteiger partial charge in [-0.2, -0.15) is 0 Å². The number of ether oxygens (including phenoxy) is 23. The minimum Gasteiger partial charge on any atom is -0.481 e. The molecular formula is C49H99NO25. The van der Waals surface area contributed by atoms with Crippen LogP contribution in [0.3, 0.4) is 0 Å². The minimum absolute atomic E-state index is 0.00935. The van der Waals surface area contributed by atoms with Crippen LogP contribution < -0.4 is 5.73 Å². The van der Waals surface area contributed by atoms with E-state index in [2.05, 4.69) is 0 Å². The van der Waals surface area contributed by atoms with Crippen molar-refractivity contribution >= 4 is 5.97 Å². The molecule has 3 N–H and O–H groups in total. The Bertz CT molecular complexity index is 1040. The number of carbonyl (C=O) groups is 1. The van der Waals surface area contributed by atoms with Crippen molar-refractivity contribution < 1.29 is 119 Å². The summed E-state index contributed by atoms with van der Waals surface area (Å²) >= 11 is 0. The molecule has 0 unspecified atom stereocenters. The average molecular weight is 1100 g/mol. The number of rotatable bonds is 71. The predicted molar refractivity (Wildman–Crippen MR) is 270 cm³/mol. The van der Waals surface area contributed by atoms with Gasteiger partial charge in [0.25, 0.3) is 0 Å². The number of nitrogens with two attached hydrogens (primary N) is 1. The minimum atomic E-state index is -0.879. The Balaban J connectivity index is 3.08. The zero-order valence-electron chi connectivity index (χ0n) is 45.3. The van der Waals surface area contributed by atoms with Crippen molar-refractivity contribution in [3.05, 3.63) is 0 Å². The zero-order valence-corrected chi connectivity index (χ0v) is 45.3. The van der Waals surface area contributed by atoms with Crippen LogP contribution in [0.4, 0.5) is 0 Å². The molecule has 0 saturated carbocycles. The summed E-state index contributed by atoms with van der Waals surface area (Å²) in [6.07, 6.45) is -0.00935. The summed E-state index contributed by atoms with van der Waals surface area (Å²) < 4.78 is 125. The number of carboxylic acid groups (broad SMARTS) is 1. The van der Waals surface area contributed by atoms with E-state index in [1.807, 2.05) is 0 Å². The van der Waals surface area contributed by atoms with E-state index < -0.39 is 5.97 Å². The highest BCUT2D eigenvalue weighted by Gasteiger charge is 2.01. The quantitative estimate of drug-likeness (QED) is 0.0747. The molecule has 0 spiro atoms. The van der Waals surface area contributed by atoms with Crippen molar-refractivity contribution in [2.24, 2.45) is 5.73 Å². The first-order valence-electron chi connectivity index (χ1n) is 26.5. The average Bonchev–Trinajstić information content (AvgIpc) is 3.41. The molecule has 0 aliphatic heterocycles. The SMILES string of the molecule is NCCOCCOCCOCCOCCOCCOCCOCCOCCOCCOCCOCCOCCOCCOCCOCCOCCOCCOCCOCCOCCOCCOCCOCCC(=O)O. The molecule has 0 aliphatic carbocycles. The predicted octanol–water partition coefficient (Wildman–Crippen LogP) is -0.198. The number of carboxylic acids is 1. The fraction of sp³-hybridized carbons (Fsp3) is 0.980. The van der Waals surface area contributed by atoms with Gasteiger partial charge in [-0.25, -0.2) is 0 Å². The van der Waals surface area contributed by atoms with Gasteiger partial charge >= 0.3 is 5.97 Å². The van der Waals surface area contributed by atoms with E-state index in [-0.39, 0.29) is 13.0 Å². The molecule has 0 bridgehead atoms. The van der Waals surface area contributed by atoms with Crippen LogP contribution in [0.1, 0.15) is 6.42 Å². The summed E-state index contributed by atoms with van der Waals surface area (Å²) in [5, 5.41) is 8.52. The summed E-state index contributed by atoms with van der Waals surface area (Å²) in [6.45, 7) is 22.5. The van der Waals surface area contributed by atoms with Crippen molar-refractivity contribution in [2.45, 2.75) is 6.42 Å². The molecule has 0 saturated heterocycles. The Hall–Kier alpha value is -1.49. The van der Waals surface area contributed by atoms with Crippen LogP contribution in [0.25, 0.3) is 0 Å². The summed E-state index contributed by atoms with van der Waals surface area (Å²) in [6, 6.07) is 0. The molecule has 0 heterocycles. The first kappa shape index (κ1) is 73.5. The van der Waals surface area contributed by atoms with Gasteiger partial charge < -0.3 is 120 Å². The highest BCUT2D eigenvalue weighted by Crippen LogP contribution is 1.91. The van der Waals surface area contributed by atoms with Crippen molar-refractivity contribution in [1.29, 1.82) is 0 Å². The Morgan fingerprint density at radius 1 is 0.187 bits per heavy atom. The molecule has 0 amide bonds. The first-order chi connectivity index (χ1) is 37.3. The van der Waals surface area contributed by atoms with Crippen LogP contribution in [0.5, 0.6) is 0 Å². The van der Waals surface area contributed by atoms with E-state index in [0.29, 0.717) is 304 Å². The third-order valence-electron chi connectivity index (χ3n) is 8.91. The van der Waals surface area contributed by atoms with Gasteiger partial charge in [0.1, 0.15) is 0 Å². The molecule has 0 aromatic carbocycles. The molecule has 75 heavy (non-hydrogen) atoms. The molecular weight excluding hydrogens is 1000 g/mol. The fourth-order valence-corrected chi connectivity index (χ4v) is 5.18. The van der Waals surface area contributed by atoms with E-state index in [9.17, 15) is 4.79 Å². The fourth-order valence-electron chi connectivity index (χ4n) is 5.18. The Kier molecular flexibility index (Phi) is 69.1. The number of aliphatic carboxylic acids is 1. The van der Waals surface area contributed by atoms with Gasteiger partial charge in [-0.3, -0.25) is 4.79 Å². The normalized spacial score (nSPS) is 11.7.